The van der Waals surface area contributed by atoms with Crippen molar-refractivity contribution in [2.45, 2.75) is 30.8 Å². The van der Waals surface area contributed by atoms with Crippen molar-refractivity contribution in [1.29, 1.82) is 0 Å². The van der Waals surface area contributed by atoms with E-state index in [1.165, 1.54) is 30.9 Å². The van der Waals surface area contributed by atoms with Gasteiger partial charge in [0.1, 0.15) is 6.33 Å². The van der Waals surface area contributed by atoms with E-state index in [2.05, 4.69) is 20.5 Å². The lowest BCUT2D eigenvalue weighted by atomic mass is 9.71. The first-order valence-corrected chi connectivity index (χ1v) is 8.23. The fourth-order valence-corrected chi connectivity index (χ4v) is 3.85. The van der Waals surface area contributed by atoms with E-state index < -0.39 is 0 Å². The summed E-state index contributed by atoms with van der Waals surface area (Å²) in [6, 6.07) is 0. The number of hydrogen-bond acceptors (Lipinski definition) is 5. The van der Waals surface area contributed by atoms with Crippen molar-refractivity contribution in [3.63, 3.8) is 0 Å². The number of nitrogens with zero attached hydrogens (tertiary/aromatic N) is 3. The maximum atomic E-state index is 12.2. The molecule has 0 aromatic carbocycles. The van der Waals surface area contributed by atoms with Crippen molar-refractivity contribution in [2.24, 2.45) is 5.41 Å². The van der Waals surface area contributed by atoms with Crippen LogP contribution in [0.3, 0.4) is 0 Å². The molecule has 2 fully saturated rings. The first-order valence-electron chi connectivity index (χ1n) is 7.24. The predicted molar refractivity (Wildman–Crippen MR) is 77.5 cm³/mol. The van der Waals surface area contributed by atoms with Crippen molar-refractivity contribution in [1.82, 2.24) is 25.4 Å². The van der Waals surface area contributed by atoms with Crippen LogP contribution in [0.2, 0.25) is 0 Å². The highest BCUT2D eigenvalue weighted by Crippen LogP contribution is 2.39. The van der Waals surface area contributed by atoms with E-state index in [0.717, 1.165) is 39.0 Å². The number of piperidine rings is 2. The van der Waals surface area contributed by atoms with Crippen molar-refractivity contribution >= 4 is 17.7 Å². The standard InChI is InChI=1S/C13H21N5OS/c19-11(9-20-12-15-10-16-17-12)18-7-3-13(4-8-18)1-5-14-6-2-13/h10,14H,1-9H2,(H,15,16,17). The third-order valence-electron chi connectivity index (χ3n) is 4.57. The van der Waals surface area contributed by atoms with Gasteiger partial charge in [0.2, 0.25) is 5.91 Å². The van der Waals surface area contributed by atoms with Gasteiger partial charge in [0.25, 0.3) is 0 Å². The quantitative estimate of drug-likeness (QED) is 0.810. The molecule has 0 unspecified atom stereocenters. The Kier molecular flexibility index (Phi) is 4.26. The molecule has 3 heterocycles. The molecule has 1 spiro atoms. The molecule has 7 heteroatoms. The summed E-state index contributed by atoms with van der Waals surface area (Å²) < 4.78 is 0. The van der Waals surface area contributed by atoms with Gasteiger partial charge in [-0.2, -0.15) is 5.10 Å². The monoisotopic (exact) mass is 295 g/mol. The number of thioether (sulfide) groups is 1. The largest absolute Gasteiger partial charge is 0.342 e. The van der Waals surface area contributed by atoms with Crippen LogP contribution in [0.4, 0.5) is 0 Å². The summed E-state index contributed by atoms with van der Waals surface area (Å²) >= 11 is 1.43. The molecule has 2 aliphatic heterocycles. The average Bonchev–Trinajstić information content (AvgIpc) is 3.00. The van der Waals surface area contributed by atoms with Crippen molar-refractivity contribution < 1.29 is 4.79 Å². The van der Waals surface area contributed by atoms with Crippen LogP contribution >= 0.6 is 11.8 Å². The predicted octanol–water partition coefficient (Wildman–Crippen LogP) is 0.889. The summed E-state index contributed by atoms with van der Waals surface area (Å²) in [7, 11) is 0. The number of aromatic amines is 1. The molecule has 1 aromatic rings. The van der Waals surface area contributed by atoms with Gasteiger partial charge in [-0.25, -0.2) is 4.98 Å². The minimum Gasteiger partial charge on any atom is -0.342 e. The van der Waals surface area contributed by atoms with Crippen LogP contribution in [0.25, 0.3) is 0 Å². The van der Waals surface area contributed by atoms with Gasteiger partial charge >= 0.3 is 0 Å². The zero-order valence-corrected chi connectivity index (χ0v) is 12.4. The molecular formula is C13H21N5OS. The minimum atomic E-state index is 0.218. The first-order chi connectivity index (χ1) is 9.77. The number of hydrogen-bond donors (Lipinski definition) is 2. The van der Waals surface area contributed by atoms with Gasteiger partial charge in [-0.15, -0.1) is 0 Å². The second-order valence-corrected chi connectivity index (χ2v) is 6.67. The van der Waals surface area contributed by atoms with E-state index in [0.29, 0.717) is 16.3 Å². The number of H-pyrrole nitrogens is 1. The molecule has 20 heavy (non-hydrogen) atoms. The van der Waals surface area contributed by atoms with Crippen molar-refractivity contribution in [3.05, 3.63) is 6.33 Å². The first kappa shape index (κ1) is 13.9. The Hall–Kier alpha value is -1.08. The number of nitrogens with one attached hydrogen (secondary N) is 2. The van der Waals surface area contributed by atoms with Gasteiger partial charge in [0.05, 0.1) is 5.75 Å². The maximum Gasteiger partial charge on any atom is 0.233 e. The SMILES string of the molecule is O=C(CSc1ncn[nH]1)N1CCC2(CCNCC2)CC1. The molecule has 1 amide bonds. The fraction of sp³-hybridized carbons (Fsp3) is 0.769. The molecule has 2 aliphatic rings. The van der Waals surface area contributed by atoms with Crippen LogP contribution in [0.15, 0.2) is 11.5 Å². The van der Waals surface area contributed by atoms with Crippen LogP contribution in [-0.4, -0.2) is 57.9 Å². The normalized spacial score (nSPS) is 22.1. The van der Waals surface area contributed by atoms with E-state index in [1.807, 2.05) is 4.90 Å². The van der Waals surface area contributed by atoms with Crippen LogP contribution in [0.1, 0.15) is 25.7 Å². The average molecular weight is 295 g/mol. The van der Waals surface area contributed by atoms with Crippen LogP contribution in [0.5, 0.6) is 0 Å². The summed E-state index contributed by atoms with van der Waals surface area (Å²) in [4.78, 5) is 18.2. The Morgan fingerprint density at radius 2 is 2.05 bits per heavy atom. The molecule has 2 N–H and O–H groups in total. The van der Waals surface area contributed by atoms with Crippen LogP contribution in [-0.2, 0) is 4.79 Å². The van der Waals surface area contributed by atoms with E-state index >= 15 is 0 Å². The number of rotatable bonds is 3. The van der Waals surface area contributed by atoms with Crippen LogP contribution in [0, 0.1) is 5.41 Å². The van der Waals surface area contributed by atoms with E-state index in [4.69, 9.17) is 0 Å². The zero-order valence-electron chi connectivity index (χ0n) is 11.6. The summed E-state index contributed by atoms with van der Waals surface area (Å²) in [6.45, 7) is 4.09. The summed E-state index contributed by atoms with van der Waals surface area (Å²) in [5.41, 5.74) is 0.500. The third-order valence-corrected chi connectivity index (χ3v) is 5.43. The van der Waals surface area contributed by atoms with E-state index in [9.17, 15) is 4.79 Å². The Morgan fingerprint density at radius 1 is 1.30 bits per heavy atom. The second-order valence-electron chi connectivity index (χ2n) is 5.71. The highest BCUT2D eigenvalue weighted by molar-refractivity contribution is 7.99. The second kappa shape index (κ2) is 6.13. The summed E-state index contributed by atoms with van der Waals surface area (Å²) in [5.74, 6) is 0.666. The Morgan fingerprint density at radius 3 is 2.70 bits per heavy atom. The fourth-order valence-electron chi connectivity index (χ4n) is 3.17. The lowest BCUT2D eigenvalue weighted by Crippen LogP contribution is -2.47. The molecule has 0 bridgehead atoms. The topological polar surface area (TPSA) is 73.9 Å². The smallest absolute Gasteiger partial charge is 0.233 e. The van der Waals surface area contributed by atoms with Gasteiger partial charge < -0.3 is 10.2 Å². The molecule has 3 rings (SSSR count). The van der Waals surface area contributed by atoms with Gasteiger partial charge in [0.15, 0.2) is 5.16 Å². The van der Waals surface area contributed by atoms with E-state index in [1.54, 1.807) is 0 Å². The minimum absolute atomic E-state index is 0.218. The lowest BCUT2D eigenvalue weighted by Gasteiger charge is -2.44. The third kappa shape index (κ3) is 3.15. The van der Waals surface area contributed by atoms with Gasteiger partial charge in [-0.3, -0.25) is 9.89 Å². The van der Waals surface area contributed by atoms with Gasteiger partial charge in [0, 0.05) is 13.1 Å². The molecular weight excluding hydrogens is 274 g/mol. The molecule has 0 aliphatic carbocycles. The lowest BCUT2D eigenvalue weighted by molar-refractivity contribution is -0.130. The van der Waals surface area contributed by atoms with Crippen molar-refractivity contribution in [3.8, 4) is 0 Å². The summed E-state index contributed by atoms with van der Waals surface area (Å²) in [5, 5.41) is 10.7. The summed E-state index contributed by atoms with van der Waals surface area (Å²) in [6.07, 6.45) is 6.32. The highest BCUT2D eigenvalue weighted by Gasteiger charge is 2.36. The van der Waals surface area contributed by atoms with E-state index in [-0.39, 0.29) is 5.91 Å². The Balaban J connectivity index is 1.46. The number of likely N-dealkylation sites (tertiary alicyclic amines) is 1. The van der Waals surface area contributed by atoms with Crippen LogP contribution < -0.4 is 5.32 Å². The van der Waals surface area contributed by atoms with Gasteiger partial charge in [-0.1, -0.05) is 11.8 Å². The Bertz CT molecular complexity index is 434. The molecule has 2 saturated heterocycles. The molecule has 0 atom stereocenters. The zero-order chi connectivity index (χ0) is 13.8. The molecule has 110 valence electrons. The maximum absolute atomic E-state index is 12.2. The Labute approximate surface area is 123 Å². The molecule has 1 aromatic heterocycles. The van der Waals surface area contributed by atoms with Crippen molar-refractivity contribution in [2.75, 3.05) is 31.9 Å². The molecule has 6 nitrogen and oxygen atoms in total. The number of amides is 1. The highest BCUT2D eigenvalue weighted by atomic mass is 32.2. The number of carbonyl (C=O) groups excluding carboxylic acids is 1. The number of carbonyl (C=O) groups is 1. The number of aromatic nitrogens is 3. The molecule has 0 saturated carbocycles. The molecule has 0 radical (unpaired) electrons. The van der Waals surface area contributed by atoms with Gasteiger partial charge in [-0.05, 0) is 44.2 Å².